The van der Waals surface area contributed by atoms with Crippen molar-refractivity contribution in [3.8, 4) is 11.5 Å². The average molecular weight is 524 g/mol. The molecule has 3 amide bonds. The summed E-state index contributed by atoms with van der Waals surface area (Å²) in [6.07, 6.45) is 3.79. The highest BCUT2D eigenvalue weighted by atomic mass is 32.1. The quantitative estimate of drug-likeness (QED) is 0.389. The summed E-state index contributed by atoms with van der Waals surface area (Å²) in [5.74, 6) is -0.886. The van der Waals surface area contributed by atoms with Gasteiger partial charge in [0, 0.05) is 11.7 Å². The van der Waals surface area contributed by atoms with E-state index in [1.54, 1.807) is 42.5 Å². The Bertz CT molecular complexity index is 1290. The van der Waals surface area contributed by atoms with Crippen molar-refractivity contribution in [1.82, 2.24) is 9.69 Å². The van der Waals surface area contributed by atoms with Gasteiger partial charge in [-0.25, -0.2) is 0 Å². The van der Waals surface area contributed by atoms with Crippen molar-refractivity contribution in [1.29, 1.82) is 0 Å². The summed E-state index contributed by atoms with van der Waals surface area (Å²) < 4.78 is 14.8. The van der Waals surface area contributed by atoms with Gasteiger partial charge in [-0.05, 0) is 54.2 Å². The minimum absolute atomic E-state index is 0.0109. The normalized spacial score (nSPS) is 14.1. The fourth-order valence-corrected chi connectivity index (χ4v) is 5.24. The maximum Gasteiger partial charge on any atom is 0.273 e. The molecule has 1 aromatic heterocycles. The number of para-hydroxylation sites is 1. The molecule has 3 aromatic rings. The number of benzene rings is 2. The lowest BCUT2D eigenvalue weighted by molar-refractivity contribution is -0.123. The maximum atomic E-state index is 14.1. The number of carbonyl (C=O) groups excluding carboxylic acids is 3. The number of nitrogen functional groups attached to an aromatic ring is 1. The Labute approximate surface area is 218 Å². The first-order chi connectivity index (χ1) is 17.8. The number of nitrogens with one attached hydrogen (secondary N) is 1. The topological polar surface area (TPSA) is 150 Å². The molecule has 0 unspecified atom stereocenters. The summed E-state index contributed by atoms with van der Waals surface area (Å²) in [4.78, 5) is 41.1. The van der Waals surface area contributed by atoms with Crippen LogP contribution < -0.4 is 31.2 Å². The van der Waals surface area contributed by atoms with E-state index in [2.05, 4.69) is 9.69 Å². The van der Waals surface area contributed by atoms with Crippen molar-refractivity contribution >= 4 is 40.6 Å². The fraction of sp³-hybridized carbons (Fsp3) is 0.308. The molecule has 10 nitrogen and oxygen atoms in total. The molecule has 0 radical (unpaired) electrons. The predicted octanol–water partition coefficient (Wildman–Crippen LogP) is 3.29. The molecule has 1 aliphatic carbocycles. The first-order valence-corrected chi connectivity index (χ1v) is 12.6. The van der Waals surface area contributed by atoms with E-state index in [1.807, 2.05) is 6.07 Å². The Morgan fingerprint density at radius 3 is 2.32 bits per heavy atom. The SMILES string of the molecule is COc1ccc([C@@H](C(=O)NC2CCCC2)N(C(=O)c2snc(C(N)=O)c2N)c2ccccc2)cc1OC. The summed E-state index contributed by atoms with van der Waals surface area (Å²) >= 11 is 0.763. The molecular formula is C26H29N5O5S. The molecule has 194 valence electrons. The standard InChI is InChI=1S/C26H29N5O5S/c1-35-18-13-12-15(14-19(18)36-2)22(25(33)29-16-8-6-7-9-16)31(17-10-4-3-5-11-17)26(34)23-20(27)21(24(28)32)30-37-23/h3-5,10-14,16,22H,6-9,27H2,1-2H3,(H2,28,32)(H,29,33)/t22-/m0/s1. The van der Waals surface area contributed by atoms with Gasteiger partial charge >= 0.3 is 0 Å². The van der Waals surface area contributed by atoms with Crippen LogP contribution in [0.5, 0.6) is 11.5 Å². The van der Waals surface area contributed by atoms with Crippen LogP contribution in [0.4, 0.5) is 11.4 Å². The number of nitrogens with zero attached hydrogens (tertiary/aromatic N) is 2. The van der Waals surface area contributed by atoms with Gasteiger partial charge in [0.05, 0.1) is 19.9 Å². The van der Waals surface area contributed by atoms with E-state index in [0.717, 1.165) is 37.2 Å². The van der Waals surface area contributed by atoms with Crippen LogP contribution >= 0.6 is 11.5 Å². The van der Waals surface area contributed by atoms with Crippen LogP contribution in [0.25, 0.3) is 0 Å². The van der Waals surface area contributed by atoms with Crippen molar-refractivity contribution in [2.24, 2.45) is 5.73 Å². The van der Waals surface area contributed by atoms with Crippen molar-refractivity contribution in [3.05, 3.63) is 64.7 Å². The lowest BCUT2D eigenvalue weighted by atomic mass is 10.0. The lowest BCUT2D eigenvalue weighted by Crippen LogP contribution is -2.46. The predicted molar refractivity (Wildman–Crippen MR) is 141 cm³/mol. The highest BCUT2D eigenvalue weighted by Gasteiger charge is 2.37. The second-order valence-electron chi connectivity index (χ2n) is 8.66. The Morgan fingerprint density at radius 1 is 1.05 bits per heavy atom. The fourth-order valence-electron chi connectivity index (χ4n) is 4.50. The van der Waals surface area contributed by atoms with E-state index in [4.69, 9.17) is 20.9 Å². The number of aromatic nitrogens is 1. The molecule has 1 aliphatic rings. The third kappa shape index (κ3) is 5.36. The molecule has 1 atom stereocenters. The number of nitrogens with two attached hydrogens (primary N) is 2. The number of amides is 3. The second-order valence-corrected chi connectivity index (χ2v) is 9.43. The molecule has 0 bridgehead atoms. The summed E-state index contributed by atoms with van der Waals surface area (Å²) in [6.45, 7) is 0. The highest BCUT2D eigenvalue weighted by Crippen LogP contribution is 2.37. The number of hydrogen-bond acceptors (Lipinski definition) is 8. The molecule has 4 rings (SSSR count). The Morgan fingerprint density at radius 2 is 1.73 bits per heavy atom. The van der Waals surface area contributed by atoms with E-state index in [-0.39, 0.29) is 28.2 Å². The van der Waals surface area contributed by atoms with E-state index in [0.29, 0.717) is 22.7 Å². The van der Waals surface area contributed by atoms with Gasteiger partial charge in [0.1, 0.15) is 10.9 Å². The Kier molecular flexibility index (Phi) is 7.92. The zero-order valence-electron chi connectivity index (χ0n) is 20.6. The number of primary amides is 1. The van der Waals surface area contributed by atoms with Crippen LogP contribution in [0.2, 0.25) is 0 Å². The van der Waals surface area contributed by atoms with Gasteiger partial charge in [0.15, 0.2) is 17.2 Å². The monoisotopic (exact) mass is 523 g/mol. The number of anilines is 2. The summed E-state index contributed by atoms with van der Waals surface area (Å²) in [6, 6.07) is 12.8. The molecule has 0 aliphatic heterocycles. The van der Waals surface area contributed by atoms with Gasteiger partial charge < -0.3 is 26.3 Å². The van der Waals surface area contributed by atoms with Gasteiger partial charge in [-0.15, -0.1) is 0 Å². The molecule has 0 saturated heterocycles. The van der Waals surface area contributed by atoms with Crippen molar-refractivity contribution in [2.45, 2.75) is 37.8 Å². The number of rotatable bonds is 9. The zero-order chi connectivity index (χ0) is 26.5. The zero-order valence-corrected chi connectivity index (χ0v) is 21.4. The Hall–Kier alpha value is -4.12. The minimum Gasteiger partial charge on any atom is -0.493 e. The third-order valence-electron chi connectivity index (χ3n) is 6.34. The number of ether oxygens (including phenoxy) is 2. The van der Waals surface area contributed by atoms with Gasteiger partial charge in [-0.3, -0.25) is 19.3 Å². The van der Waals surface area contributed by atoms with Crippen LogP contribution in [0, 0.1) is 0 Å². The minimum atomic E-state index is -1.09. The average Bonchev–Trinajstić information content (AvgIpc) is 3.56. The Balaban J connectivity index is 1.87. The van der Waals surface area contributed by atoms with Crippen molar-refractivity contribution < 1.29 is 23.9 Å². The molecule has 0 spiro atoms. The van der Waals surface area contributed by atoms with Gasteiger partial charge in [0.25, 0.3) is 11.8 Å². The van der Waals surface area contributed by atoms with E-state index < -0.39 is 17.9 Å². The molecular weight excluding hydrogens is 494 g/mol. The third-order valence-corrected chi connectivity index (χ3v) is 7.19. The lowest BCUT2D eigenvalue weighted by Gasteiger charge is -2.32. The van der Waals surface area contributed by atoms with Gasteiger partial charge in [-0.2, -0.15) is 4.37 Å². The highest BCUT2D eigenvalue weighted by molar-refractivity contribution is 7.09. The van der Waals surface area contributed by atoms with Crippen molar-refractivity contribution in [3.63, 3.8) is 0 Å². The van der Waals surface area contributed by atoms with Crippen LogP contribution in [0.1, 0.15) is 57.4 Å². The number of hydrogen-bond donors (Lipinski definition) is 3. The first-order valence-electron chi connectivity index (χ1n) is 11.8. The summed E-state index contributed by atoms with van der Waals surface area (Å²) in [5, 5.41) is 3.12. The number of methoxy groups -OCH3 is 2. The van der Waals surface area contributed by atoms with E-state index in [1.165, 1.54) is 19.1 Å². The molecule has 2 aromatic carbocycles. The van der Waals surface area contributed by atoms with E-state index >= 15 is 0 Å². The molecule has 37 heavy (non-hydrogen) atoms. The van der Waals surface area contributed by atoms with Gasteiger partial charge in [-0.1, -0.05) is 37.1 Å². The second kappa shape index (κ2) is 11.3. The summed E-state index contributed by atoms with van der Waals surface area (Å²) in [5.41, 5.74) is 12.2. The van der Waals surface area contributed by atoms with E-state index in [9.17, 15) is 14.4 Å². The van der Waals surface area contributed by atoms with Crippen LogP contribution in [-0.2, 0) is 4.79 Å². The van der Waals surface area contributed by atoms with Crippen LogP contribution in [0.3, 0.4) is 0 Å². The molecule has 11 heteroatoms. The summed E-state index contributed by atoms with van der Waals surface area (Å²) in [7, 11) is 3.02. The molecule has 5 N–H and O–H groups in total. The van der Waals surface area contributed by atoms with Crippen LogP contribution in [0.15, 0.2) is 48.5 Å². The maximum absolute atomic E-state index is 14.1. The van der Waals surface area contributed by atoms with Gasteiger partial charge in [0.2, 0.25) is 5.91 Å². The van der Waals surface area contributed by atoms with Crippen LogP contribution in [-0.4, -0.2) is 42.4 Å². The molecule has 1 heterocycles. The first kappa shape index (κ1) is 26.0. The molecule has 1 saturated carbocycles. The van der Waals surface area contributed by atoms with Crippen molar-refractivity contribution in [2.75, 3.05) is 24.9 Å². The largest absolute Gasteiger partial charge is 0.493 e. The molecule has 1 fully saturated rings. The number of carbonyl (C=O) groups is 3. The smallest absolute Gasteiger partial charge is 0.273 e.